The van der Waals surface area contributed by atoms with Gasteiger partial charge in [-0.25, -0.2) is 4.79 Å². The molecule has 0 fully saturated rings. The Morgan fingerprint density at radius 2 is 2.08 bits per heavy atom. The minimum Gasteiger partial charge on any atom is -0.480 e. The summed E-state index contributed by atoms with van der Waals surface area (Å²) in [5.74, 6) is -1.61. The number of thiol groups is 1. The highest BCUT2D eigenvalue weighted by Gasteiger charge is 2.19. The van der Waals surface area contributed by atoms with E-state index in [1.54, 1.807) is 12.3 Å². The molecule has 0 saturated heterocycles. The first-order valence-corrected chi connectivity index (χ1v) is 8.42. The van der Waals surface area contributed by atoms with Gasteiger partial charge in [0.2, 0.25) is 0 Å². The fourth-order valence-corrected chi connectivity index (χ4v) is 2.30. The van der Waals surface area contributed by atoms with Crippen molar-refractivity contribution >= 4 is 41.6 Å². The van der Waals surface area contributed by atoms with Gasteiger partial charge in [-0.2, -0.15) is 12.6 Å². The highest BCUT2D eigenvalue weighted by molar-refractivity contribution is 7.80. The van der Waals surface area contributed by atoms with E-state index in [2.05, 4.69) is 27.9 Å². The zero-order chi connectivity index (χ0) is 18.6. The van der Waals surface area contributed by atoms with E-state index in [-0.39, 0.29) is 11.3 Å². The third-order valence-corrected chi connectivity index (χ3v) is 3.72. The molecule has 2 rings (SSSR count). The third-order valence-electron chi connectivity index (χ3n) is 3.35. The number of hydrogen-bond donors (Lipinski definition) is 3. The van der Waals surface area contributed by atoms with Crippen LogP contribution in [-0.2, 0) is 4.79 Å². The number of carboxylic acids is 1. The normalized spacial score (nSPS) is 13.1. The van der Waals surface area contributed by atoms with Crippen molar-refractivity contribution in [1.29, 1.82) is 0 Å². The molecule has 0 spiro atoms. The second-order valence-corrected chi connectivity index (χ2v) is 7.02. The maximum atomic E-state index is 12.2. The minimum atomic E-state index is -1.13. The predicted octanol–water partition coefficient (Wildman–Crippen LogP) is 2.57. The van der Waals surface area contributed by atoms with E-state index in [1.807, 2.05) is 39.0 Å². The molecule has 1 atom stereocenters. The number of benzene rings is 1. The largest absolute Gasteiger partial charge is 0.480 e. The molecule has 1 aromatic heterocycles. The molecule has 25 heavy (non-hydrogen) atoms. The Balaban J connectivity index is 2.29. The van der Waals surface area contributed by atoms with E-state index in [9.17, 15) is 9.59 Å². The molecule has 132 valence electrons. The number of amides is 1. The molecule has 0 bridgehead atoms. The van der Waals surface area contributed by atoms with Gasteiger partial charge in [0.15, 0.2) is 0 Å². The van der Waals surface area contributed by atoms with Gasteiger partial charge in [0.25, 0.3) is 5.91 Å². The molecular formula is C18H21N3O3S. The zero-order valence-electron chi connectivity index (χ0n) is 14.4. The first kappa shape index (κ1) is 18.9. The molecular weight excluding hydrogens is 338 g/mol. The summed E-state index contributed by atoms with van der Waals surface area (Å²) < 4.78 is 0. The number of hydrogen-bond acceptors (Lipinski definition) is 5. The third kappa shape index (κ3) is 5.29. The van der Waals surface area contributed by atoms with Gasteiger partial charge in [-0.3, -0.25) is 14.8 Å². The van der Waals surface area contributed by atoms with Gasteiger partial charge in [0, 0.05) is 23.6 Å². The van der Waals surface area contributed by atoms with Crippen molar-refractivity contribution in [3.63, 3.8) is 0 Å². The summed E-state index contributed by atoms with van der Waals surface area (Å²) in [6, 6.07) is 6.29. The number of nitrogens with zero attached hydrogens (tertiary/aromatic N) is 2. The molecule has 1 unspecified atom stereocenters. The number of fused-ring (bicyclic) bond motifs is 1. The van der Waals surface area contributed by atoms with Crippen LogP contribution >= 0.6 is 12.6 Å². The number of aliphatic imine (C=N–C) groups is 1. The average molecular weight is 359 g/mol. The lowest BCUT2D eigenvalue weighted by Crippen LogP contribution is -2.42. The van der Waals surface area contributed by atoms with Crippen molar-refractivity contribution in [3.05, 3.63) is 41.6 Å². The van der Waals surface area contributed by atoms with Crippen molar-refractivity contribution in [2.75, 3.05) is 5.75 Å². The van der Waals surface area contributed by atoms with Gasteiger partial charge >= 0.3 is 5.97 Å². The Bertz CT molecular complexity index is 828. The second kappa shape index (κ2) is 7.65. The molecule has 0 aliphatic heterocycles. The van der Waals surface area contributed by atoms with Crippen LogP contribution in [0.2, 0.25) is 0 Å². The van der Waals surface area contributed by atoms with Crippen LogP contribution in [0.1, 0.15) is 36.7 Å². The van der Waals surface area contributed by atoms with Gasteiger partial charge in [-0.15, -0.1) is 0 Å². The first-order valence-electron chi connectivity index (χ1n) is 7.79. The topological polar surface area (TPSA) is 91.7 Å². The van der Waals surface area contributed by atoms with E-state index < -0.39 is 17.9 Å². The summed E-state index contributed by atoms with van der Waals surface area (Å²) in [6.07, 6.45) is 3.21. The Morgan fingerprint density at radius 3 is 2.68 bits per heavy atom. The van der Waals surface area contributed by atoms with Crippen molar-refractivity contribution in [1.82, 2.24) is 10.3 Å². The van der Waals surface area contributed by atoms with Gasteiger partial charge in [-0.1, -0.05) is 6.07 Å². The van der Waals surface area contributed by atoms with Gasteiger partial charge in [-0.05, 0) is 44.5 Å². The van der Waals surface area contributed by atoms with E-state index in [0.717, 1.165) is 16.5 Å². The van der Waals surface area contributed by atoms with Crippen LogP contribution in [-0.4, -0.2) is 45.5 Å². The van der Waals surface area contributed by atoms with Crippen LogP contribution in [0.3, 0.4) is 0 Å². The highest BCUT2D eigenvalue weighted by Crippen LogP contribution is 2.16. The predicted molar refractivity (Wildman–Crippen MR) is 102 cm³/mol. The van der Waals surface area contributed by atoms with Crippen molar-refractivity contribution in [3.8, 4) is 0 Å². The Hall–Kier alpha value is -2.41. The Kier molecular flexibility index (Phi) is 5.79. The molecule has 7 heteroatoms. The lowest BCUT2D eigenvalue weighted by Gasteiger charge is -2.12. The van der Waals surface area contributed by atoms with E-state index >= 15 is 0 Å². The highest BCUT2D eigenvalue weighted by atomic mass is 32.1. The smallest absolute Gasteiger partial charge is 0.327 e. The van der Waals surface area contributed by atoms with E-state index in [4.69, 9.17) is 5.11 Å². The second-order valence-electron chi connectivity index (χ2n) is 6.65. The molecule has 0 aliphatic rings. The molecule has 1 aromatic carbocycles. The summed E-state index contributed by atoms with van der Waals surface area (Å²) in [5.41, 5.74) is 1.77. The maximum Gasteiger partial charge on any atom is 0.327 e. The monoisotopic (exact) mass is 359 g/mol. The molecule has 1 amide bonds. The maximum absolute atomic E-state index is 12.2. The minimum absolute atomic E-state index is 0.00942. The average Bonchev–Trinajstić information content (AvgIpc) is 2.55. The van der Waals surface area contributed by atoms with Crippen LogP contribution in [0, 0.1) is 0 Å². The lowest BCUT2D eigenvalue weighted by atomic mass is 10.1. The van der Waals surface area contributed by atoms with Crippen molar-refractivity contribution in [2.24, 2.45) is 4.99 Å². The molecule has 0 aliphatic carbocycles. The Morgan fingerprint density at radius 1 is 1.36 bits per heavy atom. The van der Waals surface area contributed by atoms with Gasteiger partial charge in [0.1, 0.15) is 6.04 Å². The van der Waals surface area contributed by atoms with Crippen LogP contribution < -0.4 is 5.32 Å². The van der Waals surface area contributed by atoms with E-state index in [0.29, 0.717) is 5.56 Å². The number of nitrogens with one attached hydrogen (secondary N) is 1. The molecule has 2 aromatic rings. The first-order chi connectivity index (χ1) is 11.7. The molecule has 2 N–H and O–H groups in total. The van der Waals surface area contributed by atoms with Crippen molar-refractivity contribution < 1.29 is 14.7 Å². The number of aromatic nitrogens is 1. The van der Waals surface area contributed by atoms with Gasteiger partial charge in [0.05, 0.1) is 16.6 Å². The van der Waals surface area contributed by atoms with E-state index in [1.165, 1.54) is 6.20 Å². The zero-order valence-corrected chi connectivity index (χ0v) is 15.2. The number of aliphatic carboxylic acids is 1. The fraction of sp³-hybridized carbons (Fsp3) is 0.333. The summed E-state index contributed by atoms with van der Waals surface area (Å²) >= 11 is 3.94. The van der Waals surface area contributed by atoms with Crippen LogP contribution in [0.15, 0.2) is 35.5 Å². The van der Waals surface area contributed by atoms with Crippen molar-refractivity contribution in [2.45, 2.75) is 32.4 Å². The number of rotatable bonds is 5. The number of carboxylic acid groups (broad SMARTS) is 1. The number of carbonyl (C=O) groups excluding carboxylic acids is 1. The summed E-state index contributed by atoms with van der Waals surface area (Å²) in [7, 11) is 0. The number of carbonyl (C=O) groups is 2. The molecule has 0 saturated carbocycles. The number of pyridine rings is 1. The van der Waals surface area contributed by atoms with Crippen LogP contribution in [0.4, 0.5) is 0 Å². The standard InChI is InChI=1S/C18H21N3O3S/c1-18(2,3)20-8-11-4-5-14-12(6-11)7-13(9-19-14)16(22)21-15(10-25)17(23)24/h4-9,15,25H,10H2,1-3H3,(H,21,22)(H,23,24). The Labute approximate surface area is 151 Å². The van der Waals surface area contributed by atoms with Crippen LogP contribution in [0.5, 0.6) is 0 Å². The van der Waals surface area contributed by atoms with Gasteiger partial charge < -0.3 is 10.4 Å². The molecule has 1 heterocycles. The summed E-state index contributed by atoms with van der Waals surface area (Å²) in [4.78, 5) is 32.0. The lowest BCUT2D eigenvalue weighted by molar-refractivity contribution is -0.138. The molecule has 0 radical (unpaired) electrons. The SMILES string of the molecule is CC(C)(C)N=Cc1ccc2ncc(C(=O)NC(CS)C(=O)O)cc2c1. The summed E-state index contributed by atoms with van der Waals surface area (Å²) in [5, 5.41) is 12.2. The van der Waals surface area contributed by atoms with Crippen LogP contribution in [0.25, 0.3) is 10.9 Å². The molecule has 6 nitrogen and oxygen atoms in total. The fourth-order valence-electron chi connectivity index (χ4n) is 2.05. The summed E-state index contributed by atoms with van der Waals surface area (Å²) in [6.45, 7) is 6.03. The quantitative estimate of drug-likeness (QED) is 0.565.